The first-order valence-corrected chi connectivity index (χ1v) is 11.5. The maximum Gasteiger partial charge on any atom is 0.261 e. The van der Waals surface area contributed by atoms with E-state index in [-0.39, 0.29) is 16.5 Å². The third-order valence-corrected chi connectivity index (χ3v) is 6.63. The van der Waals surface area contributed by atoms with Crippen molar-refractivity contribution in [3.8, 4) is 0 Å². The second kappa shape index (κ2) is 8.91. The number of amides is 1. The van der Waals surface area contributed by atoms with Crippen molar-refractivity contribution >= 4 is 27.4 Å². The smallest absolute Gasteiger partial charge is 0.261 e. The summed E-state index contributed by atoms with van der Waals surface area (Å²) in [5.41, 5.74) is 0.958. The van der Waals surface area contributed by atoms with Crippen molar-refractivity contribution in [2.75, 3.05) is 35.8 Å². The van der Waals surface area contributed by atoms with E-state index < -0.39 is 15.8 Å². The number of halogens is 1. The van der Waals surface area contributed by atoms with Crippen LogP contribution in [0.25, 0.3) is 0 Å². The van der Waals surface area contributed by atoms with Crippen molar-refractivity contribution in [3.05, 3.63) is 78.0 Å². The van der Waals surface area contributed by atoms with Gasteiger partial charge in [-0.2, -0.15) is 0 Å². The summed E-state index contributed by atoms with van der Waals surface area (Å²) < 4.78 is 41.5. The lowest BCUT2D eigenvalue weighted by molar-refractivity contribution is 0.0746. The summed E-state index contributed by atoms with van der Waals surface area (Å²) in [4.78, 5) is 24.9. The monoisotopic (exact) mass is 455 g/mol. The van der Waals surface area contributed by atoms with Crippen LogP contribution in [0.4, 0.5) is 15.9 Å². The summed E-state index contributed by atoms with van der Waals surface area (Å²) in [6, 6.07) is 10.0. The number of sulfonamides is 1. The van der Waals surface area contributed by atoms with Gasteiger partial charge in [0.15, 0.2) is 0 Å². The molecule has 1 aliphatic heterocycles. The highest BCUT2D eigenvalue weighted by Gasteiger charge is 2.23. The number of anilines is 2. The van der Waals surface area contributed by atoms with Crippen LogP contribution < -0.4 is 9.62 Å². The summed E-state index contributed by atoms with van der Waals surface area (Å²) in [5.74, 6) is -0.0211. The molecule has 1 fully saturated rings. The van der Waals surface area contributed by atoms with Crippen molar-refractivity contribution in [2.24, 2.45) is 0 Å². The highest BCUT2D eigenvalue weighted by molar-refractivity contribution is 7.92. The van der Waals surface area contributed by atoms with Crippen LogP contribution in [0.2, 0.25) is 0 Å². The SMILES string of the molecule is Cc1ccc(S(=O)(=O)Nc2cccc(C(=O)N3CCN(c4cnccn4)CC3)c2)cc1F. The Labute approximate surface area is 185 Å². The Bertz CT molecular complexity index is 1230. The quantitative estimate of drug-likeness (QED) is 0.636. The van der Waals surface area contributed by atoms with Crippen LogP contribution in [0, 0.1) is 12.7 Å². The van der Waals surface area contributed by atoms with Gasteiger partial charge in [-0.3, -0.25) is 14.5 Å². The molecule has 2 aromatic carbocycles. The van der Waals surface area contributed by atoms with Crippen LogP contribution in [0.5, 0.6) is 0 Å². The molecule has 1 aromatic heterocycles. The van der Waals surface area contributed by atoms with Crippen molar-refractivity contribution < 1.29 is 17.6 Å². The second-order valence-corrected chi connectivity index (χ2v) is 9.12. The van der Waals surface area contributed by atoms with E-state index in [1.807, 2.05) is 0 Å². The average molecular weight is 456 g/mol. The zero-order valence-corrected chi connectivity index (χ0v) is 18.2. The molecule has 32 heavy (non-hydrogen) atoms. The van der Waals surface area contributed by atoms with Crippen molar-refractivity contribution in [1.29, 1.82) is 0 Å². The van der Waals surface area contributed by atoms with Crippen LogP contribution in [0.3, 0.4) is 0 Å². The fraction of sp³-hybridized carbons (Fsp3) is 0.227. The molecular formula is C22H22FN5O3S. The summed E-state index contributed by atoms with van der Waals surface area (Å²) in [7, 11) is -3.99. The highest BCUT2D eigenvalue weighted by Crippen LogP contribution is 2.21. The maximum atomic E-state index is 13.8. The Morgan fingerprint density at radius 3 is 2.53 bits per heavy atom. The van der Waals surface area contributed by atoms with Gasteiger partial charge in [0, 0.05) is 49.8 Å². The van der Waals surface area contributed by atoms with Gasteiger partial charge in [0.1, 0.15) is 11.6 Å². The lowest BCUT2D eigenvalue weighted by Crippen LogP contribution is -2.49. The van der Waals surface area contributed by atoms with Crippen LogP contribution in [0.1, 0.15) is 15.9 Å². The van der Waals surface area contributed by atoms with E-state index in [1.165, 1.54) is 18.2 Å². The van der Waals surface area contributed by atoms with Gasteiger partial charge in [-0.1, -0.05) is 12.1 Å². The molecule has 2 heterocycles. The lowest BCUT2D eigenvalue weighted by Gasteiger charge is -2.35. The predicted molar refractivity (Wildman–Crippen MR) is 119 cm³/mol. The molecule has 0 bridgehead atoms. The number of benzene rings is 2. The normalized spacial score (nSPS) is 14.3. The Balaban J connectivity index is 1.44. The molecule has 0 spiro atoms. The number of nitrogens with zero attached hydrogens (tertiary/aromatic N) is 4. The topological polar surface area (TPSA) is 95.5 Å². The molecule has 1 N–H and O–H groups in total. The van der Waals surface area contributed by atoms with Crippen LogP contribution in [0.15, 0.2) is 66.0 Å². The molecule has 4 rings (SSSR count). The van der Waals surface area contributed by atoms with Gasteiger partial charge in [-0.05, 0) is 42.8 Å². The Hall–Kier alpha value is -3.53. The van der Waals surface area contributed by atoms with Gasteiger partial charge < -0.3 is 9.80 Å². The molecule has 166 valence electrons. The van der Waals surface area contributed by atoms with E-state index in [1.54, 1.807) is 48.6 Å². The summed E-state index contributed by atoms with van der Waals surface area (Å²) in [5, 5.41) is 0. The van der Waals surface area contributed by atoms with Gasteiger partial charge >= 0.3 is 0 Å². The molecule has 1 aliphatic rings. The van der Waals surface area contributed by atoms with E-state index >= 15 is 0 Å². The van der Waals surface area contributed by atoms with Crippen molar-refractivity contribution in [1.82, 2.24) is 14.9 Å². The van der Waals surface area contributed by atoms with E-state index in [2.05, 4.69) is 19.6 Å². The summed E-state index contributed by atoms with van der Waals surface area (Å²) in [6.45, 7) is 3.81. The van der Waals surface area contributed by atoms with Gasteiger partial charge in [-0.15, -0.1) is 0 Å². The molecule has 0 aliphatic carbocycles. The molecule has 0 saturated carbocycles. The van der Waals surface area contributed by atoms with Gasteiger partial charge in [0.2, 0.25) is 0 Å². The van der Waals surface area contributed by atoms with Crippen LogP contribution in [-0.4, -0.2) is 55.4 Å². The zero-order chi connectivity index (χ0) is 22.7. The van der Waals surface area contributed by atoms with Gasteiger partial charge in [-0.25, -0.2) is 17.8 Å². The molecular weight excluding hydrogens is 433 g/mol. The number of aromatic nitrogens is 2. The minimum atomic E-state index is -3.99. The van der Waals surface area contributed by atoms with Crippen LogP contribution >= 0.6 is 0 Å². The number of hydrogen-bond acceptors (Lipinski definition) is 6. The second-order valence-electron chi connectivity index (χ2n) is 7.44. The molecule has 0 radical (unpaired) electrons. The highest BCUT2D eigenvalue weighted by atomic mass is 32.2. The first kappa shape index (κ1) is 21.7. The van der Waals surface area contributed by atoms with E-state index in [4.69, 9.17) is 0 Å². The van der Waals surface area contributed by atoms with E-state index in [0.29, 0.717) is 37.3 Å². The number of carbonyl (C=O) groups excluding carboxylic acids is 1. The Morgan fingerprint density at radius 2 is 1.84 bits per heavy atom. The number of nitrogens with one attached hydrogen (secondary N) is 1. The largest absolute Gasteiger partial charge is 0.352 e. The molecule has 1 amide bonds. The third kappa shape index (κ3) is 4.70. The van der Waals surface area contributed by atoms with Gasteiger partial charge in [0.25, 0.3) is 15.9 Å². The minimum Gasteiger partial charge on any atom is -0.352 e. The Morgan fingerprint density at radius 1 is 1.06 bits per heavy atom. The summed E-state index contributed by atoms with van der Waals surface area (Å²) >= 11 is 0. The predicted octanol–water partition coefficient (Wildman–Crippen LogP) is 2.69. The van der Waals surface area contributed by atoms with Crippen molar-refractivity contribution in [2.45, 2.75) is 11.8 Å². The van der Waals surface area contributed by atoms with E-state index in [0.717, 1.165) is 11.9 Å². The molecule has 10 heteroatoms. The summed E-state index contributed by atoms with van der Waals surface area (Å²) in [6.07, 6.45) is 4.93. The van der Waals surface area contributed by atoms with E-state index in [9.17, 15) is 17.6 Å². The minimum absolute atomic E-state index is 0.183. The van der Waals surface area contributed by atoms with Crippen molar-refractivity contribution in [3.63, 3.8) is 0 Å². The average Bonchev–Trinajstić information content (AvgIpc) is 2.81. The number of aryl methyl sites for hydroxylation is 1. The van der Waals surface area contributed by atoms with Gasteiger partial charge in [0.05, 0.1) is 11.1 Å². The number of piperazine rings is 1. The molecule has 0 atom stereocenters. The maximum absolute atomic E-state index is 13.8. The van der Waals surface area contributed by atoms with Crippen LogP contribution in [-0.2, 0) is 10.0 Å². The first-order valence-electron chi connectivity index (χ1n) is 10.0. The fourth-order valence-electron chi connectivity index (χ4n) is 3.45. The molecule has 3 aromatic rings. The third-order valence-electron chi connectivity index (χ3n) is 5.26. The first-order chi connectivity index (χ1) is 15.3. The number of hydrogen-bond donors (Lipinski definition) is 1. The fourth-order valence-corrected chi connectivity index (χ4v) is 4.51. The molecule has 8 nitrogen and oxygen atoms in total. The number of rotatable bonds is 5. The zero-order valence-electron chi connectivity index (χ0n) is 17.4. The number of carbonyl (C=O) groups is 1. The Kier molecular flexibility index (Phi) is 6.04. The lowest BCUT2D eigenvalue weighted by atomic mass is 10.1. The molecule has 0 unspecified atom stereocenters. The standard InChI is InChI=1S/C22H22FN5O3S/c1-16-5-6-19(14-20(16)23)32(30,31)26-18-4-2-3-17(13-18)22(29)28-11-9-27(10-12-28)21-15-24-7-8-25-21/h2-8,13-15,26H,9-12H2,1H3. The molecule has 1 saturated heterocycles.